The van der Waals surface area contributed by atoms with E-state index in [-0.39, 0.29) is 39.8 Å². The van der Waals surface area contributed by atoms with Crippen LogP contribution >= 0.6 is 0 Å². The van der Waals surface area contributed by atoms with Gasteiger partial charge in [-0.3, -0.25) is 0 Å². The van der Waals surface area contributed by atoms with Crippen molar-refractivity contribution in [3.05, 3.63) is 82.1 Å². The SMILES string of the molecule is N#Cc1cc(C2=[N+]([O-])CC(c3cc(C(F)(F)F)cc(C(F)(F)F)c3)(C(F)(F)F)C2)ccc1-n1cncn1. The van der Waals surface area contributed by atoms with E-state index in [1.54, 1.807) is 6.07 Å². The monoisotopic (exact) mass is 533 g/mol. The van der Waals surface area contributed by atoms with Crippen LogP contribution in [0, 0.1) is 16.5 Å². The second-order valence-electron chi connectivity index (χ2n) is 8.22. The number of alkyl halides is 9. The number of nitrogens with zero attached hydrogens (tertiary/aromatic N) is 5. The van der Waals surface area contributed by atoms with Crippen LogP contribution < -0.4 is 0 Å². The van der Waals surface area contributed by atoms with Crippen LogP contribution in [-0.2, 0) is 17.8 Å². The number of nitriles is 1. The molecule has 0 N–H and O–H groups in total. The lowest BCUT2D eigenvalue weighted by Crippen LogP contribution is -2.45. The summed E-state index contributed by atoms with van der Waals surface area (Å²) in [7, 11) is 0. The summed E-state index contributed by atoms with van der Waals surface area (Å²) in [4.78, 5) is 3.71. The van der Waals surface area contributed by atoms with Crippen molar-refractivity contribution in [3.8, 4) is 11.8 Å². The van der Waals surface area contributed by atoms with E-state index < -0.39 is 59.3 Å². The number of halogens is 9. The van der Waals surface area contributed by atoms with Crippen LogP contribution in [-0.4, -0.2) is 37.9 Å². The zero-order chi connectivity index (χ0) is 27.4. The van der Waals surface area contributed by atoms with Gasteiger partial charge in [-0.05, 0) is 42.0 Å². The summed E-state index contributed by atoms with van der Waals surface area (Å²) < 4.78 is 124. The molecule has 0 fully saturated rings. The smallest absolute Gasteiger partial charge is 0.416 e. The molecular formula is C22H12F9N5O. The van der Waals surface area contributed by atoms with Crippen molar-refractivity contribution in [2.75, 3.05) is 6.54 Å². The first kappa shape index (κ1) is 26.0. The molecule has 1 aliphatic heterocycles. The average Bonchev–Trinajstić information content (AvgIpc) is 3.45. The molecular weight excluding hydrogens is 521 g/mol. The van der Waals surface area contributed by atoms with Crippen LogP contribution in [0.15, 0.2) is 49.1 Å². The quantitative estimate of drug-likeness (QED) is 0.257. The zero-order valence-corrected chi connectivity index (χ0v) is 18.1. The van der Waals surface area contributed by atoms with Crippen molar-refractivity contribution in [2.45, 2.75) is 30.4 Å². The molecule has 6 nitrogen and oxygen atoms in total. The minimum atomic E-state index is -5.41. The van der Waals surface area contributed by atoms with Gasteiger partial charge < -0.3 is 5.21 Å². The second kappa shape index (κ2) is 8.49. The lowest BCUT2D eigenvalue weighted by molar-refractivity contribution is -0.465. The lowest BCUT2D eigenvalue weighted by Gasteiger charge is -2.30. The molecule has 1 aliphatic rings. The number of hydrogen-bond donors (Lipinski definition) is 0. The molecule has 1 unspecified atom stereocenters. The Morgan fingerprint density at radius 1 is 0.946 bits per heavy atom. The Morgan fingerprint density at radius 3 is 2.05 bits per heavy atom. The number of aromatic nitrogens is 3. The van der Waals surface area contributed by atoms with Gasteiger partial charge in [0.25, 0.3) is 0 Å². The molecule has 3 aromatic rings. The van der Waals surface area contributed by atoms with Gasteiger partial charge in [0, 0.05) is 5.56 Å². The fourth-order valence-corrected chi connectivity index (χ4v) is 4.13. The van der Waals surface area contributed by atoms with E-state index in [2.05, 4.69) is 10.1 Å². The van der Waals surface area contributed by atoms with Crippen LogP contribution in [0.3, 0.4) is 0 Å². The van der Waals surface area contributed by atoms with Gasteiger partial charge >= 0.3 is 18.5 Å². The molecule has 4 rings (SSSR count). The molecule has 15 heteroatoms. The Morgan fingerprint density at radius 2 is 1.57 bits per heavy atom. The van der Waals surface area contributed by atoms with Crippen LogP contribution in [0.25, 0.3) is 5.69 Å². The fourth-order valence-electron chi connectivity index (χ4n) is 4.13. The molecule has 0 radical (unpaired) electrons. The Hall–Kier alpha value is -4.09. The van der Waals surface area contributed by atoms with E-state index in [0.717, 1.165) is 12.4 Å². The van der Waals surface area contributed by atoms with Crippen molar-refractivity contribution in [2.24, 2.45) is 0 Å². The predicted octanol–water partition coefficient (Wildman–Crippen LogP) is 5.38. The van der Waals surface area contributed by atoms with Crippen LogP contribution in [0.4, 0.5) is 39.5 Å². The van der Waals surface area contributed by atoms with E-state index >= 15 is 0 Å². The number of hydrogen-bond acceptors (Lipinski definition) is 4. The summed E-state index contributed by atoms with van der Waals surface area (Å²) in [6.45, 7) is -1.49. The summed E-state index contributed by atoms with van der Waals surface area (Å²) in [6, 6.07) is 5.01. The molecule has 1 atom stereocenters. The molecule has 0 saturated heterocycles. The molecule has 0 spiro atoms. The van der Waals surface area contributed by atoms with Gasteiger partial charge in [-0.2, -0.15) is 49.9 Å². The number of rotatable bonds is 3. The zero-order valence-electron chi connectivity index (χ0n) is 18.1. The van der Waals surface area contributed by atoms with E-state index in [1.165, 1.54) is 23.1 Å². The summed E-state index contributed by atoms with van der Waals surface area (Å²) in [5.74, 6) is 0. The molecule has 2 heterocycles. The van der Waals surface area contributed by atoms with E-state index in [0.29, 0.717) is 0 Å². The first-order chi connectivity index (χ1) is 17.1. The van der Waals surface area contributed by atoms with Gasteiger partial charge in [0.1, 0.15) is 18.7 Å². The molecule has 1 aromatic heterocycles. The first-order valence-electron chi connectivity index (χ1n) is 10.1. The van der Waals surface area contributed by atoms with Crippen LogP contribution in [0.1, 0.15) is 34.2 Å². The van der Waals surface area contributed by atoms with E-state index in [1.807, 2.05) is 0 Å². The molecule has 0 bridgehead atoms. The van der Waals surface area contributed by atoms with Gasteiger partial charge in [0.05, 0.1) is 28.8 Å². The molecule has 2 aromatic carbocycles. The summed E-state index contributed by atoms with van der Waals surface area (Å²) in [5, 5.41) is 26.0. The van der Waals surface area contributed by atoms with Gasteiger partial charge in [-0.15, -0.1) is 0 Å². The van der Waals surface area contributed by atoms with Crippen molar-refractivity contribution < 1.29 is 44.3 Å². The highest BCUT2D eigenvalue weighted by molar-refractivity contribution is 5.99. The maximum atomic E-state index is 14.4. The maximum absolute atomic E-state index is 14.4. The van der Waals surface area contributed by atoms with Gasteiger partial charge in [0.15, 0.2) is 17.7 Å². The standard InChI is InChI=1S/C22H12F9N5O/c23-20(24,25)15-4-14(5-16(6-15)21(26,27)28)19(22(29,30)31)7-18(36(37)9-19)12-1-2-17(13(3-12)8-32)35-11-33-10-34-35/h1-6,10-11H,7,9H2. The maximum Gasteiger partial charge on any atom is 0.416 e. The topological polar surface area (TPSA) is 80.6 Å². The second-order valence-corrected chi connectivity index (χ2v) is 8.22. The minimum absolute atomic E-state index is 0.0198. The third-order valence-corrected chi connectivity index (χ3v) is 5.98. The van der Waals surface area contributed by atoms with Crippen molar-refractivity contribution in [3.63, 3.8) is 0 Å². The molecule has 0 amide bonds. The fraction of sp³-hybridized carbons (Fsp3) is 0.273. The third kappa shape index (κ3) is 4.58. The predicted molar refractivity (Wildman–Crippen MR) is 107 cm³/mol. The lowest BCUT2D eigenvalue weighted by atomic mass is 9.75. The summed E-state index contributed by atoms with van der Waals surface area (Å²) in [5.41, 5.74) is -9.27. The first-order valence-corrected chi connectivity index (χ1v) is 10.1. The van der Waals surface area contributed by atoms with Crippen molar-refractivity contribution in [1.82, 2.24) is 14.8 Å². The average molecular weight is 533 g/mol. The van der Waals surface area contributed by atoms with E-state index in [4.69, 9.17) is 0 Å². The highest BCUT2D eigenvalue weighted by Crippen LogP contribution is 2.49. The highest BCUT2D eigenvalue weighted by Gasteiger charge is 2.63. The van der Waals surface area contributed by atoms with E-state index in [9.17, 15) is 50.0 Å². The van der Waals surface area contributed by atoms with Gasteiger partial charge in [-0.25, -0.2) is 14.4 Å². The van der Waals surface area contributed by atoms with Crippen LogP contribution in [0.5, 0.6) is 0 Å². The molecule has 37 heavy (non-hydrogen) atoms. The Labute approximate surface area is 201 Å². The normalized spacial score (nSPS) is 18.8. The van der Waals surface area contributed by atoms with Crippen LogP contribution in [0.2, 0.25) is 0 Å². The Bertz CT molecular complexity index is 1380. The molecule has 0 saturated carbocycles. The minimum Gasteiger partial charge on any atom is -0.624 e. The summed E-state index contributed by atoms with van der Waals surface area (Å²) >= 11 is 0. The largest absolute Gasteiger partial charge is 0.624 e. The number of benzene rings is 2. The summed E-state index contributed by atoms with van der Waals surface area (Å²) in [6.07, 6.45) is -15.1. The molecule has 0 aliphatic carbocycles. The third-order valence-electron chi connectivity index (χ3n) is 5.98. The van der Waals surface area contributed by atoms with Crippen molar-refractivity contribution in [1.29, 1.82) is 5.26 Å². The Kier molecular flexibility index (Phi) is 5.97. The van der Waals surface area contributed by atoms with Gasteiger partial charge in [0.2, 0.25) is 0 Å². The Balaban J connectivity index is 1.85. The van der Waals surface area contributed by atoms with Crippen molar-refractivity contribution >= 4 is 5.71 Å². The number of hydroxylamine groups is 1. The highest BCUT2D eigenvalue weighted by atomic mass is 19.4. The molecule has 194 valence electrons. The van der Waals surface area contributed by atoms with Gasteiger partial charge in [-0.1, -0.05) is 0 Å².